The Bertz CT molecular complexity index is 924. The van der Waals surface area contributed by atoms with Gasteiger partial charge in [0.2, 0.25) is 17.6 Å². The van der Waals surface area contributed by atoms with Crippen molar-refractivity contribution in [3.8, 4) is 11.4 Å². The third-order valence-electron chi connectivity index (χ3n) is 3.63. The van der Waals surface area contributed by atoms with Crippen molar-refractivity contribution in [1.29, 1.82) is 0 Å². The Balaban J connectivity index is 1.55. The lowest BCUT2D eigenvalue weighted by Gasteiger charge is -2.06. The second-order valence-corrected chi connectivity index (χ2v) is 5.60. The number of nitrogens with one attached hydrogen (secondary N) is 1. The van der Waals surface area contributed by atoms with Crippen LogP contribution in [0, 0.1) is 0 Å². The van der Waals surface area contributed by atoms with E-state index in [-0.39, 0.29) is 12.3 Å². The Morgan fingerprint density at radius 2 is 2.00 bits per heavy atom. The summed E-state index contributed by atoms with van der Waals surface area (Å²) in [4.78, 5) is 32.1. The average molecular weight is 366 g/mol. The Morgan fingerprint density at radius 3 is 2.78 bits per heavy atom. The van der Waals surface area contributed by atoms with Crippen LogP contribution in [-0.4, -0.2) is 33.6 Å². The molecule has 0 aliphatic rings. The third-order valence-corrected chi connectivity index (χ3v) is 3.63. The quantitative estimate of drug-likeness (QED) is 0.641. The molecule has 27 heavy (non-hydrogen) atoms. The summed E-state index contributed by atoms with van der Waals surface area (Å²) in [6.07, 6.45) is 3.76. The normalized spacial score (nSPS) is 10.4. The first-order valence-corrected chi connectivity index (χ1v) is 8.45. The number of aromatic nitrogens is 3. The van der Waals surface area contributed by atoms with E-state index in [1.807, 2.05) is 0 Å². The predicted molar refractivity (Wildman–Crippen MR) is 96.9 cm³/mol. The molecule has 1 amide bonds. The van der Waals surface area contributed by atoms with Crippen molar-refractivity contribution >= 4 is 17.6 Å². The predicted octanol–water partition coefficient (Wildman–Crippen LogP) is 2.88. The molecule has 0 unspecified atom stereocenters. The molecule has 0 saturated carbocycles. The number of anilines is 1. The van der Waals surface area contributed by atoms with Crippen molar-refractivity contribution in [2.75, 3.05) is 11.9 Å². The number of ether oxygens (including phenoxy) is 1. The van der Waals surface area contributed by atoms with E-state index in [1.54, 1.807) is 55.7 Å². The number of aryl methyl sites for hydroxylation is 1. The fraction of sp³-hybridized carbons (Fsp3) is 0.211. The second kappa shape index (κ2) is 8.70. The smallest absolute Gasteiger partial charge is 0.338 e. The molecule has 0 atom stereocenters. The Labute approximate surface area is 155 Å². The molecule has 1 N–H and O–H groups in total. The number of carbonyl (C=O) groups excluding carboxylic acids is 2. The molecule has 8 nitrogen and oxygen atoms in total. The van der Waals surface area contributed by atoms with Gasteiger partial charge in [0.1, 0.15) is 0 Å². The number of hydrogen-bond donors (Lipinski definition) is 1. The van der Waals surface area contributed by atoms with Gasteiger partial charge in [-0.3, -0.25) is 9.78 Å². The number of rotatable bonds is 7. The van der Waals surface area contributed by atoms with Crippen LogP contribution in [-0.2, 0) is 16.0 Å². The molecule has 8 heteroatoms. The maximum Gasteiger partial charge on any atom is 0.338 e. The molecule has 0 bridgehead atoms. The highest BCUT2D eigenvalue weighted by atomic mass is 16.5. The van der Waals surface area contributed by atoms with Gasteiger partial charge in [-0.1, -0.05) is 11.2 Å². The van der Waals surface area contributed by atoms with E-state index in [0.717, 1.165) is 5.56 Å². The highest BCUT2D eigenvalue weighted by Gasteiger charge is 2.12. The summed E-state index contributed by atoms with van der Waals surface area (Å²) in [5, 5.41) is 6.64. The first kappa shape index (κ1) is 18.2. The molecule has 138 valence electrons. The van der Waals surface area contributed by atoms with Crippen molar-refractivity contribution in [1.82, 2.24) is 15.1 Å². The van der Waals surface area contributed by atoms with Crippen molar-refractivity contribution in [3.05, 3.63) is 60.2 Å². The molecule has 0 aliphatic heterocycles. The van der Waals surface area contributed by atoms with E-state index >= 15 is 0 Å². The van der Waals surface area contributed by atoms with Crippen molar-refractivity contribution < 1.29 is 18.8 Å². The largest absolute Gasteiger partial charge is 0.462 e. The van der Waals surface area contributed by atoms with Crippen LogP contribution in [0.3, 0.4) is 0 Å². The van der Waals surface area contributed by atoms with Crippen LogP contribution in [0.4, 0.5) is 5.69 Å². The zero-order valence-electron chi connectivity index (χ0n) is 14.7. The second-order valence-electron chi connectivity index (χ2n) is 5.60. The Kier molecular flexibility index (Phi) is 5.88. The van der Waals surface area contributed by atoms with Gasteiger partial charge in [-0.05, 0) is 37.3 Å². The van der Waals surface area contributed by atoms with Crippen LogP contribution in [0.1, 0.15) is 29.6 Å². The third kappa shape index (κ3) is 4.97. The topological polar surface area (TPSA) is 107 Å². The summed E-state index contributed by atoms with van der Waals surface area (Å²) in [5.74, 6) is 0.176. The van der Waals surface area contributed by atoms with Crippen LogP contribution >= 0.6 is 0 Å². The molecular weight excluding hydrogens is 348 g/mol. The zero-order chi connectivity index (χ0) is 19.1. The first-order chi connectivity index (χ1) is 13.2. The van der Waals surface area contributed by atoms with Gasteiger partial charge in [0.15, 0.2) is 0 Å². The fourth-order valence-corrected chi connectivity index (χ4v) is 2.36. The van der Waals surface area contributed by atoms with Crippen LogP contribution in [0.15, 0.2) is 53.3 Å². The summed E-state index contributed by atoms with van der Waals surface area (Å²) in [6.45, 7) is 2.03. The number of hydrogen-bond acceptors (Lipinski definition) is 7. The van der Waals surface area contributed by atoms with Gasteiger partial charge in [0.25, 0.3) is 0 Å². The van der Waals surface area contributed by atoms with E-state index < -0.39 is 5.97 Å². The summed E-state index contributed by atoms with van der Waals surface area (Å²) >= 11 is 0. The van der Waals surface area contributed by atoms with Gasteiger partial charge in [0, 0.05) is 36.5 Å². The lowest BCUT2D eigenvalue weighted by atomic mass is 10.2. The van der Waals surface area contributed by atoms with Gasteiger partial charge in [-0.15, -0.1) is 0 Å². The van der Waals surface area contributed by atoms with Crippen molar-refractivity contribution in [3.63, 3.8) is 0 Å². The number of benzene rings is 1. The summed E-state index contributed by atoms with van der Waals surface area (Å²) in [7, 11) is 0. The van der Waals surface area contributed by atoms with E-state index in [1.165, 1.54) is 0 Å². The molecule has 1 aromatic carbocycles. The average Bonchev–Trinajstić information content (AvgIpc) is 3.17. The molecule has 3 aromatic rings. The standard InChI is InChI=1S/C19H18N4O4/c1-2-26-19(25)14-4-3-5-15(12-14)21-16(24)6-7-17-22-18(23-27-17)13-8-10-20-11-9-13/h3-5,8-12H,2,6-7H2,1H3,(H,21,24). The van der Waals surface area contributed by atoms with E-state index in [9.17, 15) is 9.59 Å². The summed E-state index contributed by atoms with van der Waals surface area (Å²) < 4.78 is 10.1. The molecule has 0 radical (unpaired) electrons. The van der Waals surface area contributed by atoms with E-state index in [4.69, 9.17) is 9.26 Å². The summed E-state index contributed by atoms with van der Waals surface area (Å²) in [6, 6.07) is 10.1. The highest BCUT2D eigenvalue weighted by Crippen LogP contribution is 2.15. The number of amides is 1. The summed E-state index contributed by atoms with van der Waals surface area (Å²) in [5.41, 5.74) is 1.70. The molecule has 2 aromatic heterocycles. The van der Waals surface area contributed by atoms with Gasteiger partial charge in [-0.2, -0.15) is 4.98 Å². The zero-order valence-corrected chi connectivity index (χ0v) is 14.7. The first-order valence-electron chi connectivity index (χ1n) is 8.45. The van der Waals surface area contributed by atoms with Crippen LogP contribution in [0.5, 0.6) is 0 Å². The minimum Gasteiger partial charge on any atom is -0.462 e. The van der Waals surface area contributed by atoms with Gasteiger partial charge in [-0.25, -0.2) is 4.79 Å². The van der Waals surface area contributed by atoms with E-state index in [0.29, 0.717) is 36.0 Å². The van der Waals surface area contributed by atoms with Crippen molar-refractivity contribution in [2.24, 2.45) is 0 Å². The molecule has 0 spiro atoms. The molecular formula is C19H18N4O4. The molecule has 0 fully saturated rings. The fourth-order valence-electron chi connectivity index (χ4n) is 2.36. The SMILES string of the molecule is CCOC(=O)c1cccc(NC(=O)CCc2nc(-c3ccncc3)no2)c1. The van der Waals surface area contributed by atoms with Gasteiger partial charge < -0.3 is 14.6 Å². The lowest BCUT2D eigenvalue weighted by molar-refractivity contribution is -0.116. The van der Waals surface area contributed by atoms with Crippen LogP contribution in [0.2, 0.25) is 0 Å². The minimum absolute atomic E-state index is 0.168. The van der Waals surface area contributed by atoms with Crippen molar-refractivity contribution in [2.45, 2.75) is 19.8 Å². The van der Waals surface area contributed by atoms with Gasteiger partial charge >= 0.3 is 5.97 Å². The lowest BCUT2D eigenvalue weighted by Crippen LogP contribution is -2.13. The maximum atomic E-state index is 12.1. The number of esters is 1. The molecule has 0 saturated heterocycles. The maximum absolute atomic E-state index is 12.1. The Hall–Kier alpha value is -3.55. The highest BCUT2D eigenvalue weighted by molar-refractivity contribution is 5.94. The number of nitrogens with zero attached hydrogens (tertiary/aromatic N) is 3. The van der Waals surface area contributed by atoms with Crippen LogP contribution in [0.25, 0.3) is 11.4 Å². The van der Waals surface area contributed by atoms with Gasteiger partial charge in [0.05, 0.1) is 12.2 Å². The molecule has 3 rings (SSSR count). The minimum atomic E-state index is -0.428. The molecule has 0 aliphatic carbocycles. The number of carbonyl (C=O) groups is 2. The van der Waals surface area contributed by atoms with E-state index in [2.05, 4.69) is 20.4 Å². The Morgan fingerprint density at radius 1 is 1.19 bits per heavy atom. The molecule has 2 heterocycles. The van der Waals surface area contributed by atoms with Crippen LogP contribution < -0.4 is 5.32 Å². The monoisotopic (exact) mass is 366 g/mol. The number of pyridine rings is 1.